The molecule has 0 aromatic heterocycles. The molecule has 0 N–H and O–H groups in total. The second-order valence-corrected chi connectivity index (χ2v) is 0. The molecule has 54 valence electrons. The van der Waals surface area contributed by atoms with Gasteiger partial charge in [0, 0.05) is 0 Å². The first kappa shape index (κ1) is 133. The van der Waals surface area contributed by atoms with E-state index in [2.05, 4.69) is 0 Å². The fraction of sp³-hybridized carbons (Fsp3) is 0. The van der Waals surface area contributed by atoms with Gasteiger partial charge in [0.05, 0.1) is 0 Å². The molecule has 0 saturated carbocycles. The number of rotatable bonds is 0. The zero-order valence-corrected chi connectivity index (χ0v) is 12.4. The van der Waals surface area contributed by atoms with Crippen molar-refractivity contribution in [2.45, 2.75) is 0 Å². The summed E-state index contributed by atoms with van der Waals surface area (Å²) in [6, 6.07) is 0. The molecule has 0 aliphatic heterocycles. The standard InChI is InChI=1S/2Fe.2Nd.5O/q2*+2;2*+3;5*-2. The average molecular weight is 480 g/mol. The quantitative estimate of drug-likeness (QED) is 0.409. The summed E-state index contributed by atoms with van der Waals surface area (Å²) in [5, 5.41) is 0. The van der Waals surface area contributed by atoms with Crippen LogP contribution in [-0.4, -0.2) is 0 Å². The fourth-order valence-electron chi connectivity index (χ4n) is 0. The first-order valence-corrected chi connectivity index (χ1v) is 0. The monoisotopic (exact) mass is 476 g/mol. The molecule has 0 heterocycles. The molecular formula is Fe2Nd2O5. The summed E-state index contributed by atoms with van der Waals surface area (Å²) in [7, 11) is 0. The third-order valence-corrected chi connectivity index (χ3v) is 0. The van der Waals surface area contributed by atoms with Crippen molar-refractivity contribution in [1.82, 2.24) is 0 Å². The number of hydrogen-bond donors (Lipinski definition) is 0. The minimum atomic E-state index is 0. The van der Waals surface area contributed by atoms with Crippen molar-refractivity contribution < 1.29 is 143 Å². The SMILES string of the molecule is [Fe+2].[Fe+2].[Nd+3].[Nd+3].[O-2].[O-2].[O-2].[O-2].[O-2]. The zero-order chi connectivity index (χ0) is 0. The van der Waals surface area contributed by atoms with Gasteiger partial charge in [0.25, 0.3) is 0 Å². The van der Waals surface area contributed by atoms with E-state index >= 15 is 0 Å². The normalized spacial score (nSPS) is 0. The van der Waals surface area contributed by atoms with Crippen molar-refractivity contribution in [1.29, 1.82) is 0 Å². The van der Waals surface area contributed by atoms with Crippen LogP contribution in [-0.2, 0) is 61.5 Å². The van der Waals surface area contributed by atoms with Gasteiger partial charge >= 0.3 is 116 Å². The topological polar surface area (TPSA) is 142 Å². The van der Waals surface area contributed by atoms with Gasteiger partial charge in [-0.3, -0.25) is 0 Å². The second kappa shape index (κ2) is 102. The second-order valence-electron chi connectivity index (χ2n) is 0. The maximum absolute atomic E-state index is 0. The van der Waals surface area contributed by atoms with Gasteiger partial charge in [0.15, 0.2) is 0 Å². The average Bonchev–Trinajstić information content (AvgIpc) is 0. The van der Waals surface area contributed by atoms with Crippen LogP contribution in [0.2, 0.25) is 0 Å². The summed E-state index contributed by atoms with van der Waals surface area (Å²) in [4.78, 5) is 0. The molecule has 2 radical (unpaired) electrons. The van der Waals surface area contributed by atoms with Gasteiger partial charge in [-0.05, 0) is 0 Å². The van der Waals surface area contributed by atoms with Gasteiger partial charge in [0.1, 0.15) is 0 Å². The van der Waals surface area contributed by atoms with Crippen LogP contribution in [0.15, 0.2) is 0 Å². The fourth-order valence-corrected chi connectivity index (χ4v) is 0. The van der Waals surface area contributed by atoms with Crippen LogP contribution in [0, 0.1) is 81.7 Å². The van der Waals surface area contributed by atoms with Crippen molar-refractivity contribution in [3.05, 3.63) is 0 Å². The Morgan fingerprint density at radius 1 is 0.333 bits per heavy atom. The maximum Gasteiger partial charge on any atom is 3.00 e. The van der Waals surface area contributed by atoms with E-state index in [1.807, 2.05) is 0 Å². The van der Waals surface area contributed by atoms with Crippen LogP contribution in [0.1, 0.15) is 0 Å². The van der Waals surface area contributed by atoms with Crippen LogP contribution in [0.25, 0.3) is 0 Å². The molecule has 9 heavy (non-hydrogen) atoms. The van der Waals surface area contributed by atoms with Crippen LogP contribution >= 0.6 is 0 Å². The van der Waals surface area contributed by atoms with E-state index in [-0.39, 0.29) is 143 Å². The molecule has 0 amide bonds. The summed E-state index contributed by atoms with van der Waals surface area (Å²) in [6.07, 6.45) is 0. The molecule has 5 nitrogen and oxygen atoms in total. The zero-order valence-electron chi connectivity index (χ0n) is 3.75. The minimum absolute atomic E-state index is 0. The van der Waals surface area contributed by atoms with Gasteiger partial charge in [-0.2, -0.15) is 0 Å². The molecule has 0 saturated heterocycles. The third kappa shape index (κ3) is 83.8. The Balaban J connectivity index is 0. The minimum Gasteiger partial charge on any atom is -2.00 e. The van der Waals surface area contributed by atoms with Crippen LogP contribution in [0.4, 0.5) is 0 Å². The molecule has 0 aromatic carbocycles. The van der Waals surface area contributed by atoms with Crippen LogP contribution in [0.3, 0.4) is 0 Å². The van der Waals surface area contributed by atoms with E-state index in [4.69, 9.17) is 0 Å². The van der Waals surface area contributed by atoms with E-state index in [1.54, 1.807) is 0 Å². The molecule has 9 heteroatoms. The van der Waals surface area contributed by atoms with Gasteiger partial charge in [-0.15, -0.1) is 0 Å². The molecule has 0 rings (SSSR count). The smallest absolute Gasteiger partial charge is 2.00 e. The van der Waals surface area contributed by atoms with E-state index in [0.717, 1.165) is 0 Å². The Hall–Kier alpha value is 3.54. The molecular weight excluding hydrogens is 480 g/mol. The van der Waals surface area contributed by atoms with E-state index < -0.39 is 0 Å². The van der Waals surface area contributed by atoms with Crippen molar-refractivity contribution in [3.8, 4) is 0 Å². The van der Waals surface area contributed by atoms with Gasteiger partial charge in [0.2, 0.25) is 0 Å². The Morgan fingerprint density at radius 3 is 0.333 bits per heavy atom. The largest absolute Gasteiger partial charge is 3.00 e. The predicted molar refractivity (Wildman–Crippen MR) is 3.43 cm³/mol. The molecule has 0 fully saturated rings. The summed E-state index contributed by atoms with van der Waals surface area (Å²) in [6.45, 7) is 0. The van der Waals surface area contributed by atoms with E-state index in [1.165, 1.54) is 0 Å². The first-order chi connectivity index (χ1) is 0. The Bertz CT molecular complexity index is 12.9. The van der Waals surface area contributed by atoms with Gasteiger partial charge in [-0.25, -0.2) is 0 Å². The Kier molecular flexibility index (Phi) is 1510. The Morgan fingerprint density at radius 2 is 0.333 bits per heavy atom. The molecule has 0 aliphatic carbocycles. The molecule has 0 aliphatic rings. The molecule has 0 bridgehead atoms. The van der Waals surface area contributed by atoms with Crippen molar-refractivity contribution >= 4 is 0 Å². The van der Waals surface area contributed by atoms with Crippen LogP contribution < -0.4 is 0 Å². The predicted octanol–water partition coefficient (Wildman–Crippen LogP) is -0.599. The molecule has 0 atom stereocenters. The molecule has 0 aromatic rings. The van der Waals surface area contributed by atoms with Crippen molar-refractivity contribution in [3.63, 3.8) is 0 Å². The van der Waals surface area contributed by atoms with Crippen LogP contribution in [0.5, 0.6) is 0 Å². The van der Waals surface area contributed by atoms with Gasteiger partial charge in [-0.1, -0.05) is 0 Å². The van der Waals surface area contributed by atoms with E-state index in [9.17, 15) is 0 Å². The summed E-state index contributed by atoms with van der Waals surface area (Å²) < 4.78 is 0. The Labute approximate surface area is 140 Å². The third-order valence-electron chi connectivity index (χ3n) is 0. The van der Waals surface area contributed by atoms with Crippen molar-refractivity contribution in [2.75, 3.05) is 0 Å². The summed E-state index contributed by atoms with van der Waals surface area (Å²) in [5.74, 6) is 0. The van der Waals surface area contributed by atoms with Crippen molar-refractivity contribution in [2.24, 2.45) is 0 Å². The summed E-state index contributed by atoms with van der Waals surface area (Å²) in [5.41, 5.74) is 0. The summed E-state index contributed by atoms with van der Waals surface area (Å²) >= 11 is 0. The molecule has 0 spiro atoms. The first-order valence-electron chi connectivity index (χ1n) is 0. The molecule has 0 unspecified atom stereocenters. The van der Waals surface area contributed by atoms with E-state index in [0.29, 0.717) is 0 Å². The maximum atomic E-state index is 0. The van der Waals surface area contributed by atoms with Gasteiger partial charge < -0.3 is 27.4 Å². The number of hydrogen-bond acceptors (Lipinski definition) is 0.